The first kappa shape index (κ1) is 12.0. The van der Waals surface area contributed by atoms with Gasteiger partial charge >= 0.3 is 5.97 Å². The molecule has 1 rings (SSSR count). The smallest absolute Gasteiger partial charge is 0.340 e. The summed E-state index contributed by atoms with van der Waals surface area (Å²) in [6.45, 7) is 0.598. The Labute approximate surface area is 96.5 Å². The number of halogens is 1. The minimum atomic E-state index is -0.439. The number of anilines is 1. The first-order chi connectivity index (χ1) is 7.16. The summed E-state index contributed by atoms with van der Waals surface area (Å²) in [6.07, 6.45) is 0. The Balaban J connectivity index is 2.69. The third-order valence-corrected chi connectivity index (χ3v) is 2.48. The van der Waals surface area contributed by atoms with Gasteiger partial charge in [0.25, 0.3) is 0 Å². The van der Waals surface area contributed by atoms with Gasteiger partial charge in [0.05, 0.1) is 17.9 Å². The van der Waals surface area contributed by atoms with Crippen molar-refractivity contribution in [2.24, 2.45) is 0 Å². The third-order valence-electron chi connectivity index (χ3n) is 1.79. The number of carbonyl (C=O) groups is 1. The van der Waals surface area contributed by atoms with Crippen molar-refractivity contribution in [1.29, 1.82) is 0 Å². The highest BCUT2D eigenvalue weighted by molar-refractivity contribution is 9.10. The standard InChI is InChI=1S/C10H12BrNO3/c1-14-5-6-15-10(13)7-3-2-4-8(11)9(7)12/h2-4H,5-6,12H2,1H3. The molecule has 0 bridgehead atoms. The lowest BCUT2D eigenvalue weighted by molar-refractivity contribution is 0.0389. The van der Waals surface area contributed by atoms with Crippen LogP contribution in [0.25, 0.3) is 0 Å². The van der Waals surface area contributed by atoms with Crippen molar-refractivity contribution < 1.29 is 14.3 Å². The lowest BCUT2D eigenvalue weighted by Gasteiger charge is -2.07. The van der Waals surface area contributed by atoms with E-state index in [9.17, 15) is 4.79 Å². The number of para-hydroxylation sites is 1. The molecule has 1 aromatic carbocycles. The van der Waals surface area contributed by atoms with Gasteiger partial charge in [-0.2, -0.15) is 0 Å². The Morgan fingerprint density at radius 3 is 2.87 bits per heavy atom. The van der Waals surface area contributed by atoms with Crippen molar-refractivity contribution in [3.8, 4) is 0 Å². The van der Waals surface area contributed by atoms with Crippen molar-refractivity contribution in [2.45, 2.75) is 0 Å². The van der Waals surface area contributed by atoms with E-state index < -0.39 is 5.97 Å². The van der Waals surface area contributed by atoms with Gasteiger partial charge in [0.1, 0.15) is 6.61 Å². The molecule has 0 spiro atoms. The van der Waals surface area contributed by atoms with Crippen molar-refractivity contribution in [1.82, 2.24) is 0 Å². The number of benzene rings is 1. The van der Waals surface area contributed by atoms with Gasteiger partial charge in [-0.05, 0) is 28.1 Å². The fourth-order valence-electron chi connectivity index (χ4n) is 1.01. The molecule has 0 aliphatic rings. The number of hydrogen-bond acceptors (Lipinski definition) is 4. The third kappa shape index (κ3) is 3.21. The Morgan fingerprint density at radius 1 is 1.47 bits per heavy atom. The molecule has 0 aromatic heterocycles. The molecular weight excluding hydrogens is 262 g/mol. The van der Waals surface area contributed by atoms with Gasteiger partial charge in [0.2, 0.25) is 0 Å². The monoisotopic (exact) mass is 273 g/mol. The molecule has 0 amide bonds. The van der Waals surface area contributed by atoms with Crippen molar-refractivity contribution in [3.63, 3.8) is 0 Å². The van der Waals surface area contributed by atoms with E-state index in [-0.39, 0.29) is 6.61 Å². The van der Waals surface area contributed by atoms with Gasteiger partial charge in [-0.1, -0.05) is 6.07 Å². The van der Waals surface area contributed by atoms with Crippen LogP contribution < -0.4 is 5.73 Å². The first-order valence-corrected chi connectivity index (χ1v) is 5.16. The topological polar surface area (TPSA) is 61.5 Å². The lowest BCUT2D eigenvalue weighted by Crippen LogP contribution is -2.12. The van der Waals surface area contributed by atoms with E-state index in [1.807, 2.05) is 0 Å². The van der Waals surface area contributed by atoms with Crippen molar-refractivity contribution >= 4 is 27.6 Å². The fraction of sp³-hybridized carbons (Fsp3) is 0.300. The molecule has 0 aliphatic carbocycles. The zero-order valence-electron chi connectivity index (χ0n) is 8.33. The molecule has 0 fully saturated rings. The highest BCUT2D eigenvalue weighted by Crippen LogP contribution is 2.23. The number of carbonyl (C=O) groups excluding carboxylic acids is 1. The number of rotatable bonds is 4. The van der Waals surface area contributed by atoms with E-state index in [0.717, 1.165) is 0 Å². The molecule has 0 atom stereocenters. The summed E-state index contributed by atoms with van der Waals surface area (Å²) in [5.41, 5.74) is 6.46. The molecule has 0 saturated carbocycles. The molecular formula is C10H12BrNO3. The summed E-state index contributed by atoms with van der Waals surface area (Å²) < 4.78 is 10.4. The second-order valence-corrected chi connectivity index (χ2v) is 3.68. The Hall–Kier alpha value is -1.07. The predicted octanol–water partition coefficient (Wildman–Crippen LogP) is 1.83. The normalized spacial score (nSPS) is 10.0. The van der Waals surface area contributed by atoms with Crippen LogP contribution >= 0.6 is 15.9 Å². The minimum Gasteiger partial charge on any atom is -0.460 e. The van der Waals surface area contributed by atoms with E-state index >= 15 is 0 Å². The van der Waals surface area contributed by atoms with Crippen LogP contribution in [0.15, 0.2) is 22.7 Å². The van der Waals surface area contributed by atoms with Gasteiger partial charge in [-0.3, -0.25) is 0 Å². The average molecular weight is 274 g/mol. The highest BCUT2D eigenvalue weighted by Gasteiger charge is 2.12. The van der Waals surface area contributed by atoms with Crippen LogP contribution in [0.2, 0.25) is 0 Å². The van der Waals surface area contributed by atoms with Crippen molar-refractivity contribution in [3.05, 3.63) is 28.2 Å². The van der Waals surface area contributed by atoms with E-state index in [1.54, 1.807) is 25.3 Å². The van der Waals surface area contributed by atoms with Gasteiger partial charge in [-0.25, -0.2) is 4.79 Å². The Kier molecular flexibility index (Phi) is 4.58. The first-order valence-electron chi connectivity index (χ1n) is 4.37. The maximum Gasteiger partial charge on any atom is 0.340 e. The molecule has 0 aliphatic heterocycles. The highest BCUT2D eigenvalue weighted by atomic mass is 79.9. The predicted molar refractivity (Wildman–Crippen MR) is 60.7 cm³/mol. The number of ether oxygens (including phenoxy) is 2. The molecule has 0 radical (unpaired) electrons. The number of nitrogens with two attached hydrogens (primary N) is 1. The summed E-state index contributed by atoms with van der Waals surface area (Å²) in [4.78, 5) is 11.5. The van der Waals surface area contributed by atoms with Crippen LogP contribution in [0.5, 0.6) is 0 Å². The van der Waals surface area contributed by atoms with Crippen LogP contribution in [-0.2, 0) is 9.47 Å². The zero-order valence-corrected chi connectivity index (χ0v) is 9.91. The van der Waals surface area contributed by atoms with E-state index in [0.29, 0.717) is 22.3 Å². The molecule has 1 aromatic rings. The molecule has 15 heavy (non-hydrogen) atoms. The van der Waals surface area contributed by atoms with E-state index in [4.69, 9.17) is 15.2 Å². The number of esters is 1. The number of nitrogen functional groups attached to an aromatic ring is 1. The summed E-state index contributed by atoms with van der Waals surface area (Å²) >= 11 is 3.24. The van der Waals surface area contributed by atoms with Crippen LogP contribution in [-0.4, -0.2) is 26.3 Å². The average Bonchev–Trinajstić information content (AvgIpc) is 2.22. The van der Waals surface area contributed by atoms with Crippen LogP contribution in [0.1, 0.15) is 10.4 Å². The largest absolute Gasteiger partial charge is 0.460 e. The van der Waals surface area contributed by atoms with Gasteiger partial charge in [0, 0.05) is 11.6 Å². The molecule has 0 unspecified atom stereocenters. The Morgan fingerprint density at radius 2 is 2.20 bits per heavy atom. The lowest BCUT2D eigenvalue weighted by atomic mass is 10.2. The summed E-state index contributed by atoms with van der Waals surface area (Å²) in [7, 11) is 1.54. The molecule has 0 heterocycles. The van der Waals surface area contributed by atoms with Gasteiger partial charge < -0.3 is 15.2 Å². The quantitative estimate of drug-likeness (QED) is 0.517. The summed E-state index contributed by atoms with van der Waals surface area (Å²) in [6, 6.07) is 5.11. The van der Waals surface area contributed by atoms with E-state index in [2.05, 4.69) is 15.9 Å². The molecule has 2 N–H and O–H groups in total. The maximum absolute atomic E-state index is 11.5. The second kappa shape index (κ2) is 5.72. The molecule has 5 heteroatoms. The van der Waals surface area contributed by atoms with Crippen LogP contribution in [0.3, 0.4) is 0 Å². The zero-order chi connectivity index (χ0) is 11.3. The second-order valence-electron chi connectivity index (χ2n) is 2.83. The SMILES string of the molecule is COCCOC(=O)c1cccc(Br)c1N. The van der Waals surface area contributed by atoms with Crippen LogP contribution in [0, 0.1) is 0 Å². The molecule has 0 saturated heterocycles. The number of methoxy groups -OCH3 is 1. The Bertz CT molecular complexity index is 355. The van der Waals surface area contributed by atoms with E-state index in [1.165, 1.54) is 0 Å². The van der Waals surface area contributed by atoms with Crippen molar-refractivity contribution in [2.75, 3.05) is 26.1 Å². The van der Waals surface area contributed by atoms with Gasteiger partial charge in [0.15, 0.2) is 0 Å². The fourth-order valence-corrected chi connectivity index (χ4v) is 1.38. The summed E-state index contributed by atoms with van der Waals surface area (Å²) in [5.74, 6) is -0.439. The molecule has 4 nitrogen and oxygen atoms in total. The van der Waals surface area contributed by atoms with Crippen LogP contribution in [0.4, 0.5) is 5.69 Å². The molecule has 82 valence electrons. The minimum absolute atomic E-state index is 0.223. The van der Waals surface area contributed by atoms with Gasteiger partial charge in [-0.15, -0.1) is 0 Å². The maximum atomic E-state index is 11.5. The number of hydrogen-bond donors (Lipinski definition) is 1. The summed E-state index contributed by atoms with van der Waals surface area (Å²) in [5, 5.41) is 0.